The van der Waals surface area contributed by atoms with E-state index < -0.39 is 9.84 Å². The first kappa shape index (κ1) is 11.8. The predicted octanol–water partition coefficient (Wildman–Crippen LogP) is 1.29. The first-order chi connectivity index (χ1) is 7.89. The number of aryl methyl sites for hydroxylation is 2. The van der Waals surface area contributed by atoms with Crippen LogP contribution in [0.2, 0.25) is 0 Å². The van der Waals surface area contributed by atoms with Crippen molar-refractivity contribution in [1.29, 1.82) is 0 Å². The highest BCUT2D eigenvalue weighted by molar-refractivity contribution is 7.90. The van der Waals surface area contributed by atoms with E-state index in [1.807, 2.05) is 19.9 Å². The zero-order chi connectivity index (χ0) is 12.6. The van der Waals surface area contributed by atoms with Gasteiger partial charge in [0.25, 0.3) is 0 Å². The number of hydrogen-bond acceptors (Lipinski definition) is 4. The number of nitrogens with zero attached hydrogens (tertiary/aromatic N) is 3. The molecule has 0 atom stereocenters. The summed E-state index contributed by atoms with van der Waals surface area (Å²) in [4.78, 5) is 4.30. The molecule has 0 amide bonds. The lowest BCUT2D eigenvalue weighted by Crippen LogP contribution is -2.09. The largest absolute Gasteiger partial charge is 0.236 e. The lowest BCUT2D eigenvalue weighted by Gasteiger charge is -2.07. The highest BCUT2D eigenvalue weighted by Gasteiger charge is 2.17. The van der Waals surface area contributed by atoms with E-state index in [0.717, 1.165) is 11.4 Å². The monoisotopic (exact) mass is 251 g/mol. The average Bonchev–Trinajstić information content (AvgIpc) is 2.56. The predicted molar refractivity (Wildman–Crippen MR) is 63.9 cm³/mol. The van der Waals surface area contributed by atoms with Gasteiger partial charge in [0.05, 0.1) is 5.69 Å². The highest BCUT2D eigenvalue weighted by Crippen LogP contribution is 2.18. The summed E-state index contributed by atoms with van der Waals surface area (Å²) >= 11 is 0. The van der Waals surface area contributed by atoms with Crippen molar-refractivity contribution < 1.29 is 8.42 Å². The Morgan fingerprint density at radius 1 is 1.29 bits per heavy atom. The van der Waals surface area contributed by atoms with Gasteiger partial charge in [-0.25, -0.2) is 18.1 Å². The molecule has 0 spiro atoms. The highest BCUT2D eigenvalue weighted by atomic mass is 32.2. The Morgan fingerprint density at radius 2 is 2.00 bits per heavy atom. The smallest absolute Gasteiger partial charge is 0.179 e. The maximum Gasteiger partial charge on any atom is 0.179 e. The van der Waals surface area contributed by atoms with Gasteiger partial charge in [-0.2, -0.15) is 5.10 Å². The summed E-state index contributed by atoms with van der Waals surface area (Å²) in [7, 11) is -3.31. The number of rotatable bonds is 2. The number of aromatic nitrogens is 3. The summed E-state index contributed by atoms with van der Waals surface area (Å²) in [6, 6.07) is 5.01. The minimum Gasteiger partial charge on any atom is -0.236 e. The van der Waals surface area contributed by atoms with Crippen LogP contribution in [0.15, 0.2) is 29.3 Å². The Balaban J connectivity index is 2.73. The molecule has 90 valence electrons. The van der Waals surface area contributed by atoms with E-state index in [9.17, 15) is 8.42 Å². The standard InChI is InChI=1S/C11H13N3O2S/c1-8-7-9(2)14(13-8)11-10(17(3,15)16)5-4-6-12-11/h4-7H,1-3H3. The zero-order valence-electron chi connectivity index (χ0n) is 9.88. The van der Waals surface area contributed by atoms with E-state index in [2.05, 4.69) is 10.1 Å². The molecule has 0 bridgehead atoms. The summed E-state index contributed by atoms with van der Waals surface area (Å²) in [6.45, 7) is 3.72. The molecule has 0 N–H and O–H groups in total. The third-order valence-electron chi connectivity index (χ3n) is 2.36. The van der Waals surface area contributed by atoms with Crippen LogP contribution >= 0.6 is 0 Å². The second-order valence-corrected chi connectivity index (χ2v) is 5.92. The molecule has 0 fully saturated rings. The Morgan fingerprint density at radius 3 is 2.53 bits per heavy atom. The molecule has 0 aliphatic carbocycles. The molecule has 2 rings (SSSR count). The fourth-order valence-corrected chi connectivity index (χ4v) is 2.47. The van der Waals surface area contributed by atoms with Crippen LogP contribution in [0.4, 0.5) is 0 Å². The van der Waals surface area contributed by atoms with E-state index in [4.69, 9.17) is 0 Å². The molecule has 6 heteroatoms. The van der Waals surface area contributed by atoms with Crippen LogP contribution in [0.1, 0.15) is 11.4 Å². The van der Waals surface area contributed by atoms with Crippen LogP contribution in [0, 0.1) is 13.8 Å². The minimum atomic E-state index is -3.31. The minimum absolute atomic E-state index is 0.186. The van der Waals surface area contributed by atoms with Crippen LogP contribution in [-0.2, 0) is 9.84 Å². The van der Waals surface area contributed by atoms with Crippen LogP contribution in [0.25, 0.3) is 5.82 Å². The van der Waals surface area contributed by atoms with Crippen LogP contribution in [0.5, 0.6) is 0 Å². The van der Waals surface area contributed by atoms with E-state index in [1.165, 1.54) is 12.3 Å². The van der Waals surface area contributed by atoms with Gasteiger partial charge in [-0.1, -0.05) is 0 Å². The normalized spacial score (nSPS) is 11.7. The van der Waals surface area contributed by atoms with Gasteiger partial charge in [0.15, 0.2) is 15.7 Å². The van der Waals surface area contributed by atoms with Gasteiger partial charge in [0.2, 0.25) is 0 Å². The molecule has 0 saturated heterocycles. The summed E-state index contributed by atoms with van der Waals surface area (Å²) in [5.74, 6) is 0.348. The third kappa shape index (κ3) is 2.21. The van der Waals surface area contributed by atoms with Crippen LogP contribution in [0.3, 0.4) is 0 Å². The summed E-state index contributed by atoms with van der Waals surface area (Å²) in [6.07, 6.45) is 2.72. The van der Waals surface area contributed by atoms with Crippen molar-refractivity contribution in [3.05, 3.63) is 35.8 Å². The van der Waals surface area contributed by atoms with Gasteiger partial charge in [-0.3, -0.25) is 0 Å². The lowest BCUT2D eigenvalue weighted by molar-refractivity contribution is 0.599. The number of pyridine rings is 1. The molecule has 2 aromatic heterocycles. The Bertz CT molecular complexity index is 659. The lowest BCUT2D eigenvalue weighted by atomic mass is 10.4. The first-order valence-electron chi connectivity index (χ1n) is 5.08. The van der Waals surface area contributed by atoms with Crippen molar-refractivity contribution in [3.8, 4) is 5.82 Å². The maximum absolute atomic E-state index is 11.7. The van der Waals surface area contributed by atoms with Crippen molar-refractivity contribution in [2.24, 2.45) is 0 Å². The average molecular weight is 251 g/mol. The van der Waals surface area contributed by atoms with Crippen LogP contribution < -0.4 is 0 Å². The quantitative estimate of drug-likeness (QED) is 0.806. The van der Waals surface area contributed by atoms with Crippen LogP contribution in [-0.4, -0.2) is 29.4 Å². The van der Waals surface area contributed by atoms with Gasteiger partial charge in [-0.05, 0) is 32.0 Å². The van der Waals surface area contributed by atoms with Crippen molar-refractivity contribution in [1.82, 2.24) is 14.8 Å². The van der Waals surface area contributed by atoms with Gasteiger partial charge in [0, 0.05) is 18.1 Å². The third-order valence-corrected chi connectivity index (χ3v) is 3.48. The van der Waals surface area contributed by atoms with Gasteiger partial charge in [-0.15, -0.1) is 0 Å². The second kappa shape index (κ2) is 3.96. The van der Waals surface area contributed by atoms with E-state index in [1.54, 1.807) is 16.9 Å². The van der Waals surface area contributed by atoms with E-state index in [-0.39, 0.29) is 4.90 Å². The van der Waals surface area contributed by atoms with Gasteiger partial charge >= 0.3 is 0 Å². The molecule has 0 aliphatic heterocycles. The molecule has 5 nitrogen and oxygen atoms in total. The van der Waals surface area contributed by atoms with Gasteiger partial charge < -0.3 is 0 Å². The molecule has 17 heavy (non-hydrogen) atoms. The fraction of sp³-hybridized carbons (Fsp3) is 0.273. The number of hydrogen-bond donors (Lipinski definition) is 0. The molecule has 0 aromatic carbocycles. The van der Waals surface area contributed by atoms with Crippen molar-refractivity contribution in [2.45, 2.75) is 18.7 Å². The second-order valence-electron chi connectivity index (χ2n) is 3.94. The van der Waals surface area contributed by atoms with Crippen molar-refractivity contribution in [3.63, 3.8) is 0 Å². The summed E-state index contributed by atoms with van der Waals surface area (Å²) in [5.41, 5.74) is 1.68. The Hall–Kier alpha value is -1.69. The van der Waals surface area contributed by atoms with Crippen molar-refractivity contribution >= 4 is 9.84 Å². The number of sulfone groups is 1. The molecule has 2 heterocycles. The fourth-order valence-electron chi connectivity index (χ4n) is 1.67. The topological polar surface area (TPSA) is 64.8 Å². The van der Waals surface area contributed by atoms with E-state index >= 15 is 0 Å². The maximum atomic E-state index is 11.7. The Labute approximate surface area is 100 Å². The summed E-state index contributed by atoms with van der Waals surface area (Å²) < 4.78 is 24.9. The summed E-state index contributed by atoms with van der Waals surface area (Å²) in [5, 5.41) is 4.24. The zero-order valence-corrected chi connectivity index (χ0v) is 10.7. The molecule has 0 radical (unpaired) electrons. The molecular formula is C11H13N3O2S. The first-order valence-corrected chi connectivity index (χ1v) is 6.97. The van der Waals surface area contributed by atoms with Gasteiger partial charge in [0.1, 0.15) is 4.90 Å². The molecule has 0 saturated carbocycles. The SMILES string of the molecule is Cc1cc(C)n(-c2ncccc2S(C)(=O)=O)n1. The molecule has 0 aliphatic rings. The molecular weight excluding hydrogens is 238 g/mol. The van der Waals surface area contributed by atoms with Crippen molar-refractivity contribution in [2.75, 3.05) is 6.26 Å². The molecule has 0 unspecified atom stereocenters. The van der Waals surface area contributed by atoms with E-state index in [0.29, 0.717) is 5.82 Å². The molecule has 2 aromatic rings. The Kier molecular flexibility index (Phi) is 2.74.